The number of halogens is 1. The number of hydrogen-bond acceptors (Lipinski definition) is 2. The van der Waals surface area contributed by atoms with Gasteiger partial charge in [0.05, 0.1) is 0 Å². The van der Waals surface area contributed by atoms with Crippen LogP contribution in [0.15, 0.2) is 24.3 Å². The number of rotatable bonds is 4. The molecule has 136 valence electrons. The SMILES string of the molecule is O=C(C1CCC1)N1CCC(C2CCN(Cc3ccc(Cl)cc3)C2)CC1. The Morgan fingerprint density at radius 3 is 2.28 bits per heavy atom. The van der Waals surface area contributed by atoms with E-state index < -0.39 is 0 Å². The van der Waals surface area contributed by atoms with Crippen molar-refractivity contribution in [2.45, 2.75) is 45.1 Å². The van der Waals surface area contributed by atoms with Gasteiger partial charge >= 0.3 is 0 Å². The fraction of sp³-hybridized carbons (Fsp3) is 0.667. The summed E-state index contributed by atoms with van der Waals surface area (Å²) in [6.07, 6.45) is 7.23. The van der Waals surface area contributed by atoms with Crippen LogP contribution in [0, 0.1) is 17.8 Å². The van der Waals surface area contributed by atoms with E-state index in [1.54, 1.807) is 0 Å². The van der Waals surface area contributed by atoms with Gasteiger partial charge in [-0.2, -0.15) is 0 Å². The lowest BCUT2D eigenvalue weighted by Crippen LogP contribution is -2.44. The van der Waals surface area contributed by atoms with Crippen LogP contribution in [0.1, 0.15) is 44.1 Å². The molecule has 3 aliphatic rings. The smallest absolute Gasteiger partial charge is 0.225 e. The monoisotopic (exact) mass is 360 g/mol. The maximum atomic E-state index is 12.4. The Morgan fingerprint density at radius 1 is 0.960 bits per heavy atom. The van der Waals surface area contributed by atoms with Crippen molar-refractivity contribution in [3.05, 3.63) is 34.9 Å². The van der Waals surface area contributed by atoms with Crippen LogP contribution in [0.3, 0.4) is 0 Å². The molecule has 1 aliphatic carbocycles. The molecule has 25 heavy (non-hydrogen) atoms. The molecule has 1 atom stereocenters. The van der Waals surface area contributed by atoms with Crippen LogP contribution in [-0.4, -0.2) is 41.9 Å². The van der Waals surface area contributed by atoms with Crippen LogP contribution < -0.4 is 0 Å². The minimum absolute atomic E-state index is 0.359. The van der Waals surface area contributed by atoms with Crippen molar-refractivity contribution in [2.24, 2.45) is 17.8 Å². The van der Waals surface area contributed by atoms with Gasteiger partial charge in [-0.15, -0.1) is 0 Å². The van der Waals surface area contributed by atoms with Gasteiger partial charge in [-0.1, -0.05) is 30.2 Å². The summed E-state index contributed by atoms with van der Waals surface area (Å²) in [5.74, 6) is 2.42. The van der Waals surface area contributed by atoms with E-state index in [2.05, 4.69) is 21.9 Å². The molecule has 4 rings (SSSR count). The molecular weight excluding hydrogens is 332 g/mol. The summed E-state index contributed by atoms with van der Waals surface area (Å²) in [4.78, 5) is 17.1. The highest BCUT2D eigenvalue weighted by atomic mass is 35.5. The molecule has 0 spiro atoms. The average Bonchev–Trinajstić information content (AvgIpc) is 3.04. The number of amides is 1. The Bertz CT molecular complexity index is 590. The molecule has 4 heteroatoms. The first kappa shape index (κ1) is 17.4. The van der Waals surface area contributed by atoms with Crippen molar-refractivity contribution >= 4 is 17.5 Å². The van der Waals surface area contributed by atoms with Crippen molar-refractivity contribution < 1.29 is 4.79 Å². The van der Waals surface area contributed by atoms with Gasteiger partial charge in [-0.05, 0) is 68.2 Å². The molecule has 3 fully saturated rings. The van der Waals surface area contributed by atoms with E-state index in [-0.39, 0.29) is 0 Å². The van der Waals surface area contributed by atoms with Crippen LogP contribution >= 0.6 is 11.6 Å². The van der Waals surface area contributed by atoms with Crippen molar-refractivity contribution in [1.29, 1.82) is 0 Å². The third kappa shape index (κ3) is 4.03. The highest BCUT2D eigenvalue weighted by Gasteiger charge is 2.35. The largest absolute Gasteiger partial charge is 0.342 e. The molecule has 0 N–H and O–H groups in total. The molecule has 3 nitrogen and oxygen atoms in total. The van der Waals surface area contributed by atoms with Gasteiger partial charge in [0, 0.05) is 37.1 Å². The lowest BCUT2D eigenvalue weighted by molar-refractivity contribution is -0.139. The molecule has 1 amide bonds. The van der Waals surface area contributed by atoms with Crippen LogP contribution in [0.25, 0.3) is 0 Å². The first-order valence-electron chi connectivity index (χ1n) is 9.94. The molecule has 0 radical (unpaired) electrons. The van der Waals surface area contributed by atoms with Gasteiger partial charge in [0.25, 0.3) is 0 Å². The number of likely N-dealkylation sites (tertiary alicyclic amines) is 2. The molecule has 2 heterocycles. The van der Waals surface area contributed by atoms with Gasteiger partial charge in [-0.25, -0.2) is 0 Å². The predicted octanol–water partition coefficient (Wildman–Crippen LogP) is 4.20. The third-order valence-electron chi connectivity index (χ3n) is 6.60. The van der Waals surface area contributed by atoms with Crippen LogP contribution in [0.5, 0.6) is 0 Å². The fourth-order valence-corrected chi connectivity index (χ4v) is 4.87. The summed E-state index contributed by atoms with van der Waals surface area (Å²) in [7, 11) is 0. The highest BCUT2D eigenvalue weighted by Crippen LogP contribution is 2.34. The number of benzene rings is 1. The number of nitrogens with zero attached hydrogens (tertiary/aromatic N) is 2. The molecule has 1 unspecified atom stereocenters. The van der Waals surface area contributed by atoms with E-state index in [1.165, 1.54) is 44.3 Å². The van der Waals surface area contributed by atoms with Crippen molar-refractivity contribution in [2.75, 3.05) is 26.2 Å². The maximum Gasteiger partial charge on any atom is 0.225 e. The first-order valence-corrected chi connectivity index (χ1v) is 10.3. The van der Waals surface area contributed by atoms with E-state index >= 15 is 0 Å². The highest BCUT2D eigenvalue weighted by molar-refractivity contribution is 6.30. The van der Waals surface area contributed by atoms with Gasteiger partial charge in [0.15, 0.2) is 0 Å². The standard InChI is InChI=1S/C21H29ClN2O/c22-20-6-4-16(5-7-20)14-23-11-8-19(15-23)17-9-12-24(13-10-17)21(25)18-2-1-3-18/h4-7,17-19H,1-3,8-15H2. The van der Waals surface area contributed by atoms with Crippen LogP contribution in [0.4, 0.5) is 0 Å². The third-order valence-corrected chi connectivity index (χ3v) is 6.85. The van der Waals surface area contributed by atoms with E-state index in [0.717, 1.165) is 49.3 Å². The Hall–Kier alpha value is -1.06. The Morgan fingerprint density at radius 2 is 1.64 bits per heavy atom. The molecular formula is C21H29ClN2O. The lowest BCUT2D eigenvalue weighted by atomic mass is 9.81. The van der Waals surface area contributed by atoms with Crippen molar-refractivity contribution in [3.63, 3.8) is 0 Å². The normalized spacial score (nSPS) is 26.0. The second-order valence-corrected chi connectivity index (χ2v) is 8.64. The minimum Gasteiger partial charge on any atom is -0.342 e. The van der Waals surface area contributed by atoms with Gasteiger partial charge in [0.2, 0.25) is 5.91 Å². The number of hydrogen-bond donors (Lipinski definition) is 0. The Kier molecular flexibility index (Phi) is 5.33. The average molecular weight is 361 g/mol. The lowest BCUT2D eigenvalue weighted by Gasteiger charge is -2.38. The predicted molar refractivity (Wildman–Crippen MR) is 101 cm³/mol. The zero-order valence-corrected chi connectivity index (χ0v) is 15.8. The van der Waals surface area contributed by atoms with Crippen LogP contribution in [-0.2, 0) is 11.3 Å². The summed E-state index contributed by atoms with van der Waals surface area (Å²) in [6, 6.07) is 8.25. The van der Waals surface area contributed by atoms with Gasteiger partial charge in [0.1, 0.15) is 0 Å². The Labute approximate surface area is 156 Å². The zero-order chi connectivity index (χ0) is 17.2. The van der Waals surface area contributed by atoms with E-state index in [4.69, 9.17) is 11.6 Å². The number of carbonyl (C=O) groups excluding carboxylic acids is 1. The molecule has 2 aliphatic heterocycles. The van der Waals surface area contributed by atoms with Gasteiger partial charge in [-0.3, -0.25) is 9.69 Å². The molecule has 1 saturated carbocycles. The van der Waals surface area contributed by atoms with E-state index in [9.17, 15) is 4.79 Å². The number of carbonyl (C=O) groups is 1. The second kappa shape index (κ2) is 7.67. The summed E-state index contributed by atoms with van der Waals surface area (Å²) < 4.78 is 0. The number of piperidine rings is 1. The van der Waals surface area contributed by atoms with Crippen molar-refractivity contribution in [3.8, 4) is 0 Å². The van der Waals surface area contributed by atoms with Crippen molar-refractivity contribution in [1.82, 2.24) is 9.80 Å². The summed E-state index contributed by atoms with van der Waals surface area (Å²) in [6.45, 7) is 5.44. The maximum absolute atomic E-state index is 12.4. The Balaban J connectivity index is 1.24. The topological polar surface area (TPSA) is 23.6 Å². The molecule has 0 bridgehead atoms. The molecule has 1 aromatic rings. The molecule has 1 aromatic carbocycles. The second-order valence-electron chi connectivity index (χ2n) is 8.20. The van der Waals surface area contributed by atoms with E-state index in [0.29, 0.717) is 11.8 Å². The summed E-state index contributed by atoms with van der Waals surface area (Å²) in [5.41, 5.74) is 1.35. The zero-order valence-electron chi connectivity index (χ0n) is 15.0. The quantitative estimate of drug-likeness (QED) is 0.803. The first-order chi connectivity index (χ1) is 12.2. The summed E-state index contributed by atoms with van der Waals surface area (Å²) in [5, 5.41) is 0.811. The molecule has 0 aromatic heterocycles. The van der Waals surface area contributed by atoms with Crippen LogP contribution in [0.2, 0.25) is 5.02 Å². The molecule has 2 saturated heterocycles. The van der Waals surface area contributed by atoms with Gasteiger partial charge < -0.3 is 4.90 Å². The fourth-order valence-electron chi connectivity index (χ4n) is 4.74. The summed E-state index contributed by atoms with van der Waals surface area (Å²) >= 11 is 5.98. The minimum atomic E-state index is 0.359. The van der Waals surface area contributed by atoms with E-state index in [1.807, 2.05) is 12.1 Å².